The van der Waals surface area contributed by atoms with Crippen LogP contribution in [0.4, 0.5) is 5.95 Å². The maximum atomic E-state index is 12.7. The molecule has 1 aliphatic rings. The zero-order valence-corrected chi connectivity index (χ0v) is 15.0. The van der Waals surface area contributed by atoms with Crippen molar-refractivity contribution in [3.63, 3.8) is 0 Å². The van der Waals surface area contributed by atoms with Crippen molar-refractivity contribution in [1.29, 1.82) is 0 Å². The molecule has 132 valence electrons. The van der Waals surface area contributed by atoms with E-state index in [2.05, 4.69) is 27.9 Å². The van der Waals surface area contributed by atoms with Crippen LogP contribution in [0.2, 0.25) is 0 Å². The smallest absolute Gasteiger partial charge is 0.227 e. The Morgan fingerprint density at radius 2 is 1.72 bits per heavy atom. The van der Waals surface area contributed by atoms with Crippen LogP contribution < -0.4 is 9.64 Å². The minimum atomic E-state index is 0.134. The van der Waals surface area contributed by atoms with Crippen molar-refractivity contribution in [3.05, 3.63) is 47.3 Å². The summed E-state index contributed by atoms with van der Waals surface area (Å²) in [6.07, 6.45) is 3.85. The lowest BCUT2D eigenvalue weighted by Crippen LogP contribution is -2.49. The fraction of sp³-hybridized carbons (Fsp3) is 0.421. The van der Waals surface area contributed by atoms with Crippen LogP contribution in [0.1, 0.15) is 16.7 Å². The molecule has 1 saturated heterocycles. The van der Waals surface area contributed by atoms with E-state index in [1.807, 2.05) is 17.9 Å². The average molecular weight is 340 g/mol. The summed E-state index contributed by atoms with van der Waals surface area (Å²) in [5, 5.41) is 0. The first-order chi connectivity index (χ1) is 12.1. The van der Waals surface area contributed by atoms with Gasteiger partial charge in [0.15, 0.2) is 0 Å². The van der Waals surface area contributed by atoms with Crippen molar-refractivity contribution in [2.45, 2.75) is 20.3 Å². The predicted molar refractivity (Wildman–Crippen MR) is 97.0 cm³/mol. The lowest BCUT2D eigenvalue weighted by Gasteiger charge is -2.34. The molecule has 0 N–H and O–H groups in total. The lowest BCUT2D eigenvalue weighted by atomic mass is 10.0. The number of hydrogen-bond donors (Lipinski definition) is 0. The molecule has 2 heterocycles. The van der Waals surface area contributed by atoms with Crippen LogP contribution in [0.3, 0.4) is 0 Å². The maximum Gasteiger partial charge on any atom is 0.227 e. The van der Waals surface area contributed by atoms with Crippen molar-refractivity contribution >= 4 is 11.9 Å². The normalized spacial score (nSPS) is 14.5. The minimum absolute atomic E-state index is 0.134. The van der Waals surface area contributed by atoms with Gasteiger partial charge in [-0.1, -0.05) is 6.07 Å². The number of methoxy groups -OCH3 is 1. The number of aromatic nitrogens is 2. The summed E-state index contributed by atoms with van der Waals surface area (Å²) in [5.74, 6) is 1.65. The van der Waals surface area contributed by atoms with Gasteiger partial charge in [-0.2, -0.15) is 0 Å². The van der Waals surface area contributed by atoms with E-state index in [1.54, 1.807) is 25.6 Å². The molecular formula is C19H24N4O2. The predicted octanol–water partition coefficient (Wildman–Crippen LogP) is 1.99. The van der Waals surface area contributed by atoms with Crippen molar-refractivity contribution in [2.24, 2.45) is 0 Å². The van der Waals surface area contributed by atoms with E-state index < -0.39 is 0 Å². The molecule has 0 radical (unpaired) electrons. The molecule has 6 heteroatoms. The highest BCUT2D eigenvalue weighted by molar-refractivity contribution is 5.80. The Kier molecular flexibility index (Phi) is 5.16. The Hall–Kier alpha value is -2.63. The molecule has 25 heavy (non-hydrogen) atoms. The summed E-state index contributed by atoms with van der Waals surface area (Å²) >= 11 is 0. The molecule has 0 unspecified atom stereocenters. The second-order valence-corrected chi connectivity index (χ2v) is 6.34. The average Bonchev–Trinajstić information content (AvgIpc) is 2.65. The van der Waals surface area contributed by atoms with Gasteiger partial charge in [0, 0.05) is 44.1 Å². The minimum Gasteiger partial charge on any atom is -0.496 e. The van der Waals surface area contributed by atoms with Gasteiger partial charge in [0.1, 0.15) is 5.75 Å². The van der Waals surface area contributed by atoms with Gasteiger partial charge in [0.2, 0.25) is 11.9 Å². The van der Waals surface area contributed by atoms with Crippen LogP contribution >= 0.6 is 0 Å². The van der Waals surface area contributed by atoms with E-state index in [9.17, 15) is 4.79 Å². The Labute approximate surface area is 148 Å². The van der Waals surface area contributed by atoms with Gasteiger partial charge in [-0.15, -0.1) is 0 Å². The van der Waals surface area contributed by atoms with Crippen molar-refractivity contribution in [3.8, 4) is 5.75 Å². The summed E-state index contributed by atoms with van der Waals surface area (Å²) in [4.78, 5) is 25.3. The fourth-order valence-corrected chi connectivity index (χ4v) is 3.06. The molecule has 1 aromatic heterocycles. The number of hydrogen-bond acceptors (Lipinski definition) is 5. The Morgan fingerprint density at radius 1 is 1.08 bits per heavy atom. The van der Waals surface area contributed by atoms with Crippen LogP contribution in [-0.2, 0) is 11.2 Å². The quantitative estimate of drug-likeness (QED) is 0.852. The number of amides is 1. The van der Waals surface area contributed by atoms with Crippen LogP contribution in [0.15, 0.2) is 30.6 Å². The van der Waals surface area contributed by atoms with Gasteiger partial charge in [0.25, 0.3) is 0 Å². The number of anilines is 1. The van der Waals surface area contributed by atoms with Gasteiger partial charge < -0.3 is 14.5 Å². The topological polar surface area (TPSA) is 58.6 Å². The third-order valence-electron chi connectivity index (χ3n) is 4.71. The number of ether oxygens (including phenoxy) is 1. The van der Waals surface area contributed by atoms with Gasteiger partial charge in [-0.3, -0.25) is 4.79 Å². The third-order valence-corrected chi connectivity index (χ3v) is 4.71. The molecule has 3 rings (SSSR count). The van der Waals surface area contributed by atoms with Crippen LogP contribution in [-0.4, -0.2) is 54.1 Å². The summed E-state index contributed by atoms with van der Waals surface area (Å²) < 4.78 is 5.45. The van der Waals surface area contributed by atoms with E-state index in [0.29, 0.717) is 19.5 Å². The number of carbonyl (C=O) groups excluding carboxylic acids is 1. The highest BCUT2D eigenvalue weighted by Crippen LogP contribution is 2.24. The number of rotatable bonds is 4. The van der Waals surface area contributed by atoms with Crippen LogP contribution in [0, 0.1) is 13.8 Å². The van der Waals surface area contributed by atoms with Crippen molar-refractivity contribution in [1.82, 2.24) is 14.9 Å². The van der Waals surface area contributed by atoms with E-state index in [1.165, 1.54) is 11.1 Å². The van der Waals surface area contributed by atoms with Gasteiger partial charge >= 0.3 is 0 Å². The van der Waals surface area contributed by atoms with Crippen molar-refractivity contribution in [2.75, 3.05) is 38.2 Å². The summed E-state index contributed by atoms with van der Waals surface area (Å²) in [6.45, 7) is 6.98. The van der Waals surface area contributed by atoms with E-state index in [-0.39, 0.29) is 5.91 Å². The summed E-state index contributed by atoms with van der Waals surface area (Å²) in [6, 6.07) is 5.86. The van der Waals surface area contributed by atoms with Crippen LogP contribution in [0.25, 0.3) is 0 Å². The molecule has 0 aliphatic carbocycles. The lowest BCUT2D eigenvalue weighted by molar-refractivity contribution is -0.130. The molecule has 1 aliphatic heterocycles. The van der Waals surface area contributed by atoms with E-state index in [4.69, 9.17) is 4.74 Å². The monoisotopic (exact) mass is 340 g/mol. The Morgan fingerprint density at radius 3 is 2.36 bits per heavy atom. The van der Waals surface area contributed by atoms with Gasteiger partial charge in [-0.05, 0) is 37.1 Å². The SMILES string of the molecule is COc1cc(C)c(C)cc1CC(=O)N1CCN(c2ncccn2)CC1. The first-order valence-electron chi connectivity index (χ1n) is 8.52. The van der Waals surface area contributed by atoms with Gasteiger partial charge in [-0.25, -0.2) is 9.97 Å². The summed E-state index contributed by atoms with van der Waals surface area (Å²) in [7, 11) is 1.65. The number of aryl methyl sites for hydroxylation is 2. The second kappa shape index (κ2) is 7.51. The molecule has 0 atom stereocenters. The molecule has 6 nitrogen and oxygen atoms in total. The fourth-order valence-electron chi connectivity index (χ4n) is 3.06. The standard InChI is InChI=1S/C19H24N4O2/c1-14-11-16(17(25-3)12-15(14)2)13-18(24)22-7-9-23(10-8-22)19-20-5-4-6-21-19/h4-6,11-12H,7-10,13H2,1-3H3. The maximum absolute atomic E-state index is 12.7. The molecule has 0 spiro atoms. The molecule has 0 saturated carbocycles. The zero-order valence-electron chi connectivity index (χ0n) is 15.0. The largest absolute Gasteiger partial charge is 0.496 e. The molecule has 1 amide bonds. The van der Waals surface area contributed by atoms with Crippen LogP contribution in [0.5, 0.6) is 5.75 Å². The van der Waals surface area contributed by atoms with Crippen molar-refractivity contribution < 1.29 is 9.53 Å². The first-order valence-corrected chi connectivity index (χ1v) is 8.52. The summed E-state index contributed by atoms with van der Waals surface area (Å²) in [5.41, 5.74) is 3.29. The molecular weight excluding hydrogens is 316 g/mol. The highest BCUT2D eigenvalue weighted by atomic mass is 16.5. The number of carbonyl (C=O) groups is 1. The van der Waals surface area contributed by atoms with E-state index >= 15 is 0 Å². The molecule has 1 aromatic carbocycles. The molecule has 1 fully saturated rings. The Bertz CT molecular complexity index is 741. The number of benzene rings is 1. The van der Waals surface area contributed by atoms with Gasteiger partial charge in [0.05, 0.1) is 13.5 Å². The Balaban J connectivity index is 1.63. The highest BCUT2D eigenvalue weighted by Gasteiger charge is 2.23. The number of piperazine rings is 1. The zero-order chi connectivity index (χ0) is 17.8. The van der Waals surface area contributed by atoms with E-state index in [0.717, 1.165) is 30.4 Å². The third kappa shape index (κ3) is 3.90. The second-order valence-electron chi connectivity index (χ2n) is 6.34. The first kappa shape index (κ1) is 17.2. The molecule has 0 bridgehead atoms. The number of nitrogens with zero attached hydrogens (tertiary/aromatic N) is 4. The molecule has 2 aromatic rings.